The molecule has 0 saturated carbocycles. The standard InChI is InChI=1S/C25H19ClF3N3O3/c1-34-16-8-6-14(7-9-16)21-22(31-24(30)32-23(21)25(27,28)29)18-11-10-17(12-20(18)33)35-13-15-4-2-3-5-19(15)26/h2-12,33H,13H2,1H3,(H2,30,31,32). The highest BCUT2D eigenvalue weighted by atomic mass is 35.5. The van der Waals surface area contributed by atoms with E-state index < -0.39 is 17.8 Å². The van der Waals surface area contributed by atoms with E-state index in [9.17, 15) is 18.3 Å². The number of nitrogen functional groups attached to an aromatic ring is 1. The molecule has 0 aliphatic rings. The molecule has 4 aromatic rings. The molecule has 0 aliphatic carbocycles. The number of nitrogens with two attached hydrogens (primary N) is 1. The molecule has 3 aromatic carbocycles. The van der Waals surface area contributed by atoms with Crippen molar-refractivity contribution in [2.45, 2.75) is 12.8 Å². The van der Waals surface area contributed by atoms with Gasteiger partial charge in [0.2, 0.25) is 5.95 Å². The summed E-state index contributed by atoms with van der Waals surface area (Å²) in [5, 5.41) is 11.2. The van der Waals surface area contributed by atoms with Gasteiger partial charge in [-0.05, 0) is 35.9 Å². The Morgan fingerprint density at radius 1 is 0.971 bits per heavy atom. The molecule has 0 amide bonds. The zero-order valence-electron chi connectivity index (χ0n) is 18.3. The number of nitrogens with zero attached hydrogens (tertiary/aromatic N) is 2. The Balaban J connectivity index is 1.78. The fourth-order valence-corrected chi connectivity index (χ4v) is 3.68. The number of ether oxygens (including phenoxy) is 2. The third-order valence-corrected chi connectivity index (χ3v) is 5.52. The van der Waals surface area contributed by atoms with Crippen LogP contribution in [0, 0.1) is 0 Å². The zero-order valence-corrected chi connectivity index (χ0v) is 19.1. The van der Waals surface area contributed by atoms with E-state index in [1.807, 2.05) is 6.07 Å². The lowest BCUT2D eigenvalue weighted by Crippen LogP contribution is -2.14. The number of alkyl halides is 3. The Kier molecular flexibility index (Phi) is 6.70. The molecular formula is C25H19ClF3N3O3. The molecule has 4 rings (SSSR count). The molecule has 0 spiro atoms. The molecule has 180 valence electrons. The van der Waals surface area contributed by atoms with Crippen molar-refractivity contribution < 1.29 is 27.8 Å². The molecule has 0 atom stereocenters. The van der Waals surface area contributed by atoms with Gasteiger partial charge in [-0.1, -0.05) is 41.9 Å². The van der Waals surface area contributed by atoms with Gasteiger partial charge in [0.25, 0.3) is 0 Å². The lowest BCUT2D eigenvalue weighted by Gasteiger charge is -2.18. The molecule has 3 N–H and O–H groups in total. The largest absolute Gasteiger partial charge is 0.507 e. The van der Waals surface area contributed by atoms with Crippen LogP contribution in [0.1, 0.15) is 11.3 Å². The second-order valence-electron chi connectivity index (χ2n) is 7.44. The van der Waals surface area contributed by atoms with Crippen LogP contribution in [-0.2, 0) is 12.8 Å². The number of rotatable bonds is 6. The van der Waals surface area contributed by atoms with Gasteiger partial charge in [0.05, 0.1) is 12.8 Å². The van der Waals surface area contributed by atoms with Gasteiger partial charge in [0.1, 0.15) is 23.9 Å². The predicted molar refractivity (Wildman–Crippen MR) is 126 cm³/mol. The van der Waals surface area contributed by atoms with E-state index >= 15 is 0 Å². The molecule has 0 aliphatic heterocycles. The number of methoxy groups -OCH3 is 1. The van der Waals surface area contributed by atoms with Crippen LogP contribution in [0.5, 0.6) is 17.2 Å². The summed E-state index contributed by atoms with van der Waals surface area (Å²) in [7, 11) is 1.45. The van der Waals surface area contributed by atoms with E-state index in [2.05, 4.69) is 9.97 Å². The van der Waals surface area contributed by atoms with Gasteiger partial charge < -0.3 is 20.3 Å². The molecule has 1 heterocycles. The molecule has 1 aromatic heterocycles. The van der Waals surface area contributed by atoms with E-state index in [-0.39, 0.29) is 40.5 Å². The highest BCUT2D eigenvalue weighted by Gasteiger charge is 2.38. The summed E-state index contributed by atoms with van der Waals surface area (Å²) in [6.45, 7) is 0.133. The molecule has 0 fully saturated rings. The predicted octanol–water partition coefficient (Wildman–Crippen LogP) is 6.36. The highest BCUT2D eigenvalue weighted by Crippen LogP contribution is 2.44. The van der Waals surface area contributed by atoms with Crippen molar-refractivity contribution in [2.75, 3.05) is 12.8 Å². The first-order valence-corrected chi connectivity index (χ1v) is 10.6. The Bertz CT molecular complexity index is 1360. The van der Waals surface area contributed by atoms with Crippen LogP contribution >= 0.6 is 11.6 Å². The van der Waals surface area contributed by atoms with Crippen LogP contribution in [0.25, 0.3) is 22.4 Å². The van der Waals surface area contributed by atoms with Gasteiger partial charge in [-0.25, -0.2) is 9.97 Å². The van der Waals surface area contributed by atoms with Gasteiger partial charge in [-0.2, -0.15) is 13.2 Å². The number of hydrogen-bond acceptors (Lipinski definition) is 6. The smallest absolute Gasteiger partial charge is 0.434 e. The average Bonchev–Trinajstić information content (AvgIpc) is 2.83. The van der Waals surface area contributed by atoms with Crippen molar-refractivity contribution in [1.82, 2.24) is 9.97 Å². The lowest BCUT2D eigenvalue weighted by atomic mass is 9.96. The lowest BCUT2D eigenvalue weighted by molar-refractivity contribution is -0.140. The normalized spacial score (nSPS) is 11.3. The quantitative estimate of drug-likeness (QED) is 0.319. The number of halogens is 4. The number of phenolic OH excluding ortho intramolecular Hbond substituents is 1. The van der Waals surface area contributed by atoms with Crippen LogP contribution in [0.15, 0.2) is 66.7 Å². The van der Waals surface area contributed by atoms with E-state index in [4.69, 9.17) is 26.8 Å². The molecule has 6 nitrogen and oxygen atoms in total. The summed E-state index contributed by atoms with van der Waals surface area (Å²) in [6.07, 6.45) is -4.82. The number of phenols is 1. The number of benzene rings is 3. The Hall–Kier alpha value is -3.98. The summed E-state index contributed by atoms with van der Waals surface area (Å²) < 4.78 is 52.6. The highest BCUT2D eigenvalue weighted by molar-refractivity contribution is 6.31. The minimum Gasteiger partial charge on any atom is -0.507 e. The van der Waals surface area contributed by atoms with Gasteiger partial charge in [-0.3, -0.25) is 0 Å². The zero-order chi connectivity index (χ0) is 25.2. The summed E-state index contributed by atoms with van der Waals surface area (Å²) in [5.41, 5.74) is 4.85. The number of hydrogen-bond donors (Lipinski definition) is 2. The summed E-state index contributed by atoms with van der Waals surface area (Å²) in [4.78, 5) is 7.51. The van der Waals surface area contributed by atoms with Crippen molar-refractivity contribution in [1.29, 1.82) is 0 Å². The van der Waals surface area contributed by atoms with Crippen molar-refractivity contribution in [3.05, 3.63) is 83.0 Å². The first kappa shape index (κ1) is 24.2. The van der Waals surface area contributed by atoms with E-state index in [0.717, 1.165) is 5.56 Å². The van der Waals surface area contributed by atoms with Crippen molar-refractivity contribution >= 4 is 17.5 Å². The number of anilines is 1. The van der Waals surface area contributed by atoms with E-state index in [1.165, 1.54) is 49.6 Å². The maximum atomic E-state index is 14.0. The molecule has 35 heavy (non-hydrogen) atoms. The minimum atomic E-state index is -4.82. The second kappa shape index (κ2) is 9.71. The Morgan fingerprint density at radius 3 is 2.29 bits per heavy atom. The molecular weight excluding hydrogens is 483 g/mol. The number of aromatic hydroxyl groups is 1. The van der Waals surface area contributed by atoms with Crippen LogP contribution in [0.2, 0.25) is 5.02 Å². The molecule has 10 heteroatoms. The van der Waals surface area contributed by atoms with Gasteiger partial charge in [0, 0.05) is 27.8 Å². The van der Waals surface area contributed by atoms with E-state index in [1.54, 1.807) is 18.2 Å². The summed E-state index contributed by atoms with van der Waals surface area (Å²) >= 11 is 6.13. The minimum absolute atomic E-state index is 0.0283. The molecule has 0 radical (unpaired) electrons. The number of aromatic nitrogens is 2. The fraction of sp³-hybridized carbons (Fsp3) is 0.120. The Morgan fingerprint density at radius 2 is 1.66 bits per heavy atom. The van der Waals surface area contributed by atoms with Crippen LogP contribution < -0.4 is 15.2 Å². The third kappa shape index (κ3) is 5.25. The molecule has 0 saturated heterocycles. The van der Waals surface area contributed by atoms with E-state index in [0.29, 0.717) is 10.8 Å². The fourth-order valence-electron chi connectivity index (χ4n) is 3.49. The van der Waals surface area contributed by atoms with Gasteiger partial charge in [-0.15, -0.1) is 0 Å². The third-order valence-electron chi connectivity index (χ3n) is 5.15. The summed E-state index contributed by atoms with van der Waals surface area (Å²) in [5.74, 6) is -0.177. The van der Waals surface area contributed by atoms with Crippen molar-refractivity contribution in [2.24, 2.45) is 0 Å². The molecule has 0 bridgehead atoms. The first-order chi connectivity index (χ1) is 16.7. The first-order valence-electron chi connectivity index (χ1n) is 10.3. The van der Waals surface area contributed by atoms with Crippen LogP contribution in [0.4, 0.5) is 19.1 Å². The van der Waals surface area contributed by atoms with Gasteiger partial charge >= 0.3 is 6.18 Å². The van der Waals surface area contributed by atoms with Gasteiger partial charge in [0.15, 0.2) is 5.69 Å². The summed E-state index contributed by atoms with van der Waals surface area (Å²) in [6, 6.07) is 17.2. The van der Waals surface area contributed by atoms with Crippen molar-refractivity contribution in [3.8, 4) is 39.6 Å². The average molecular weight is 502 g/mol. The SMILES string of the molecule is COc1ccc(-c2c(-c3ccc(OCc4ccccc4Cl)cc3O)nc(N)nc2C(F)(F)F)cc1. The van der Waals surface area contributed by atoms with Crippen LogP contribution in [-0.4, -0.2) is 22.2 Å². The monoisotopic (exact) mass is 501 g/mol. The second-order valence-corrected chi connectivity index (χ2v) is 7.85. The van der Waals surface area contributed by atoms with Crippen molar-refractivity contribution in [3.63, 3.8) is 0 Å². The maximum Gasteiger partial charge on any atom is 0.434 e. The molecule has 0 unspecified atom stereocenters. The Labute approximate surface area is 203 Å². The topological polar surface area (TPSA) is 90.5 Å². The van der Waals surface area contributed by atoms with Crippen LogP contribution in [0.3, 0.4) is 0 Å². The maximum absolute atomic E-state index is 14.0.